The smallest absolute Gasteiger partial charge is 0.338 e. The Morgan fingerprint density at radius 2 is 2.00 bits per heavy atom. The lowest BCUT2D eigenvalue weighted by Crippen LogP contribution is -2.29. The Balaban J connectivity index is 2.57. The van der Waals surface area contributed by atoms with E-state index < -0.39 is 16.0 Å². The monoisotopic (exact) mass is 286 g/mol. The average molecular weight is 286 g/mol. The highest BCUT2D eigenvalue weighted by Crippen LogP contribution is 2.09. The lowest BCUT2D eigenvalue weighted by Gasteiger charge is -2.09. The quantitative estimate of drug-likeness (QED) is 0.549. The summed E-state index contributed by atoms with van der Waals surface area (Å²) in [6, 6.07) is 7.04. The Bertz CT molecular complexity index is 528. The maximum absolute atomic E-state index is 11.5. The van der Waals surface area contributed by atoms with Crippen LogP contribution in [0.1, 0.15) is 15.9 Å². The second-order valence-electron chi connectivity index (χ2n) is 3.85. The lowest BCUT2D eigenvalue weighted by atomic mass is 10.1. The molecule has 2 N–H and O–H groups in total. The molecule has 0 aliphatic heterocycles. The first-order chi connectivity index (χ1) is 9.00. The molecule has 1 rings (SSSR count). The Morgan fingerprint density at radius 3 is 2.63 bits per heavy atom. The fraction of sp³-hybridized carbons (Fsp3) is 0.417. The van der Waals surface area contributed by atoms with Gasteiger partial charge in [-0.05, 0) is 18.7 Å². The summed E-state index contributed by atoms with van der Waals surface area (Å²) in [5.74, 6) is -0.413. The van der Waals surface area contributed by atoms with Gasteiger partial charge in [-0.1, -0.05) is 18.2 Å². The number of ether oxygens (including phenoxy) is 1. The van der Waals surface area contributed by atoms with Crippen molar-refractivity contribution in [3.05, 3.63) is 35.4 Å². The van der Waals surface area contributed by atoms with Crippen LogP contribution in [0.15, 0.2) is 24.3 Å². The van der Waals surface area contributed by atoms with Crippen molar-refractivity contribution >= 4 is 16.0 Å². The van der Waals surface area contributed by atoms with E-state index >= 15 is 0 Å². The summed E-state index contributed by atoms with van der Waals surface area (Å²) in [6.45, 7) is 0.711. The summed E-state index contributed by atoms with van der Waals surface area (Å²) in [6.07, 6.45) is 0. The second kappa shape index (κ2) is 7.22. The molecule has 0 saturated heterocycles. The number of nitrogens with one attached hydrogen (secondary N) is 2. The topological polar surface area (TPSA) is 84.5 Å². The standard InChI is InChI=1S/C12H18N2O4S/c1-13-19(16,17)8-7-14-9-10-5-3-4-6-11(10)12(15)18-2/h3-6,13-14H,7-9H2,1-2H3. The molecule has 0 spiro atoms. The molecule has 0 amide bonds. The second-order valence-corrected chi connectivity index (χ2v) is 5.89. The van der Waals surface area contributed by atoms with E-state index in [0.29, 0.717) is 18.7 Å². The molecule has 0 atom stereocenters. The first kappa shape index (κ1) is 15.6. The summed E-state index contributed by atoms with van der Waals surface area (Å²) in [4.78, 5) is 11.5. The van der Waals surface area contributed by atoms with Gasteiger partial charge in [0.05, 0.1) is 18.4 Å². The van der Waals surface area contributed by atoms with Gasteiger partial charge in [0.2, 0.25) is 10.0 Å². The Hall–Kier alpha value is -1.44. The molecule has 19 heavy (non-hydrogen) atoms. The van der Waals surface area contributed by atoms with E-state index in [1.165, 1.54) is 14.2 Å². The first-order valence-corrected chi connectivity index (χ1v) is 7.43. The molecule has 1 aromatic rings. The van der Waals surface area contributed by atoms with Gasteiger partial charge in [0.1, 0.15) is 0 Å². The summed E-state index contributed by atoms with van der Waals surface area (Å²) < 4.78 is 29.3. The molecule has 106 valence electrons. The fourth-order valence-corrected chi connectivity index (χ4v) is 2.13. The Morgan fingerprint density at radius 1 is 1.32 bits per heavy atom. The van der Waals surface area contributed by atoms with Gasteiger partial charge < -0.3 is 10.1 Å². The first-order valence-electron chi connectivity index (χ1n) is 5.78. The molecule has 0 heterocycles. The minimum absolute atomic E-state index is 0.0100. The SMILES string of the molecule is CNS(=O)(=O)CCNCc1ccccc1C(=O)OC. The zero-order valence-corrected chi connectivity index (χ0v) is 11.8. The molecular weight excluding hydrogens is 268 g/mol. The number of carbonyl (C=O) groups excluding carboxylic acids is 1. The Labute approximate surface area is 113 Å². The van der Waals surface area contributed by atoms with Gasteiger partial charge >= 0.3 is 5.97 Å². The van der Waals surface area contributed by atoms with Crippen molar-refractivity contribution in [3.8, 4) is 0 Å². The summed E-state index contributed by atoms with van der Waals surface area (Å²) in [7, 11) is -0.507. The van der Waals surface area contributed by atoms with Crippen LogP contribution in [-0.2, 0) is 21.3 Å². The molecule has 0 aliphatic rings. The Kier molecular flexibility index (Phi) is 5.94. The van der Waals surface area contributed by atoms with E-state index in [0.717, 1.165) is 5.56 Å². The predicted molar refractivity (Wildman–Crippen MR) is 72.3 cm³/mol. The number of sulfonamides is 1. The van der Waals surface area contributed by atoms with Gasteiger partial charge in [0.25, 0.3) is 0 Å². The summed E-state index contributed by atoms with van der Waals surface area (Å²) >= 11 is 0. The van der Waals surface area contributed by atoms with Crippen molar-refractivity contribution in [2.45, 2.75) is 6.54 Å². The molecule has 0 saturated carbocycles. The van der Waals surface area contributed by atoms with Crippen molar-refractivity contribution in [1.82, 2.24) is 10.0 Å². The molecule has 7 heteroatoms. The highest BCUT2D eigenvalue weighted by molar-refractivity contribution is 7.89. The van der Waals surface area contributed by atoms with Gasteiger partial charge in [-0.3, -0.25) is 0 Å². The highest BCUT2D eigenvalue weighted by Gasteiger charge is 2.11. The van der Waals surface area contributed by atoms with Crippen LogP contribution in [0, 0.1) is 0 Å². The molecular formula is C12H18N2O4S. The van der Waals surface area contributed by atoms with Crippen LogP contribution < -0.4 is 10.0 Å². The minimum Gasteiger partial charge on any atom is -0.465 e. The van der Waals surface area contributed by atoms with Gasteiger partial charge in [-0.25, -0.2) is 17.9 Å². The van der Waals surface area contributed by atoms with Crippen molar-refractivity contribution in [2.75, 3.05) is 26.5 Å². The van der Waals surface area contributed by atoms with E-state index in [1.807, 2.05) is 6.07 Å². The third-order valence-corrected chi connectivity index (χ3v) is 3.96. The number of esters is 1. The van der Waals surface area contributed by atoms with E-state index in [9.17, 15) is 13.2 Å². The molecule has 0 fully saturated rings. The molecule has 1 aromatic carbocycles. The van der Waals surface area contributed by atoms with Gasteiger partial charge in [-0.15, -0.1) is 0 Å². The minimum atomic E-state index is -3.21. The molecule has 0 bridgehead atoms. The number of methoxy groups -OCH3 is 1. The van der Waals surface area contributed by atoms with E-state index in [4.69, 9.17) is 0 Å². The lowest BCUT2D eigenvalue weighted by molar-refractivity contribution is 0.0599. The molecule has 0 aliphatic carbocycles. The van der Waals surface area contributed by atoms with Crippen LogP contribution in [0.25, 0.3) is 0 Å². The van der Waals surface area contributed by atoms with Gasteiger partial charge in [0, 0.05) is 13.1 Å². The maximum Gasteiger partial charge on any atom is 0.338 e. The predicted octanol–water partition coefficient (Wildman–Crippen LogP) is 0.112. The third-order valence-electron chi connectivity index (χ3n) is 2.60. The molecule has 0 aromatic heterocycles. The summed E-state index contributed by atoms with van der Waals surface area (Å²) in [5.41, 5.74) is 1.25. The summed E-state index contributed by atoms with van der Waals surface area (Å²) in [5, 5.41) is 2.98. The number of hydrogen-bond acceptors (Lipinski definition) is 5. The van der Waals surface area contributed by atoms with Crippen molar-refractivity contribution in [2.24, 2.45) is 0 Å². The third kappa shape index (κ3) is 4.98. The van der Waals surface area contributed by atoms with Crippen LogP contribution in [0.2, 0.25) is 0 Å². The number of carbonyl (C=O) groups is 1. The van der Waals surface area contributed by atoms with Crippen LogP contribution in [0.3, 0.4) is 0 Å². The molecule has 0 radical (unpaired) electrons. The van der Waals surface area contributed by atoms with Crippen molar-refractivity contribution in [1.29, 1.82) is 0 Å². The van der Waals surface area contributed by atoms with Gasteiger partial charge in [0.15, 0.2) is 0 Å². The van der Waals surface area contributed by atoms with E-state index in [-0.39, 0.29) is 5.75 Å². The van der Waals surface area contributed by atoms with Crippen LogP contribution in [0.5, 0.6) is 0 Å². The van der Waals surface area contributed by atoms with Crippen molar-refractivity contribution < 1.29 is 17.9 Å². The van der Waals surface area contributed by atoms with Gasteiger partial charge in [-0.2, -0.15) is 0 Å². The molecule has 0 unspecified atom stereocenters. The highest BCUT2D eigenvalue weighted by atomic mass is 32.2. The number of hydrogen-bond donors (Lipinski definition) is 2. The maximum atomic E-state index is 11.5. The number of rotatable bonds is 7. The largest absolute Gasteiger partial charge is 0.465 e. The van der Waals surface area contributed by atoms with E-state index in [2.05, 4.69) is 14.8 Å². The van der Waals surface area contributed by atoms with Crippen LogP contribution >= 0.6 is 0 Å². The zero-order chi connectivity index (χ0) is 14.3. The van der Waals surface area contributed by atoms with Crippen LogP contribution in [-0.4, -0.2) is 40.8 Å². The normalized spacial score (nSPS) is 11.3. The zero-order valence-electron chi connectivity index (χ0n) is 11.0. The molecule has 6 nitrogen and oxygen atoms in total. The van der Waals surface area contributed by atoms with Crippen LogP contribution in [0.4, 0.5) is 0 Å². The van der Waals surface area contributed by atoms with E-state index in [1.54, 1.807) is 18.2 Å². The fourth-order valence-electron chi connectivity index (χ4n) is 1.52. The number of benzene rings is 1. The average Bonchev–Trinajstić information content (AvgIpc) is 2.43. The van der Waals surface area contributed by atoms with Crippen molar-refractivity contribution in [3.63, 3.8) is 0 Å².